The molecule has 0 N–H and O–H groups in total. The highest BCUT2D eigenvalue weighted by atomic mass is 35.5. The Bertz CT molecular complexity index is 1100. The molecule has 0 amide bonds. The lowest BCUT2D eigenvalue weighted by Gasteiger charge is -2.46. The topological polar surface area (TPSA) is 75.3 Å². The van der Waals surface area contributed by atoms with Crippen molar-refractivity contribution in [3.63, 3.8) is 0 Å². The predicted octanol–water partition coefficient (Wildman–Crippen LogP) is 3.93. The molecule has 178 valence electrons. The number of hydrogen-bond acceptors (Lipinski definition) is 5. The second-order valence-corrected chi connectivity index (χ2v) is 12.2. The van der Waals surface area contributed by atoms with Crippen LogP contribution in [0.15, 0.2) is 36.5 Å². The van der Waals surface area contributed by atoms with E-state index in [-0.39, 0.29) is 17.9 Å². The lowest BCUT2D eigenvalue weighted by Crippen LogP contribution is -2.56. The van der Waals surface area contributed by atoms with Crippen molar-refractivity contribution in [1.29, 1.82) is 5.26 Å². The van der Waals surface area contributed by atoms with Gasteiger partial charge in [-0.15, -0.1) is 0 Å². The summed E-state index contributed by atoms with van der Waals surface area (Å²) in [6.07, 6.45) is 8.20. The van der Waals surface area contributed by atoms with Gasteiger partial charge in [-0.05, 0) is 67.3 Å². The summed E-state index contributed by atoms with van der Waals surface area (Å²) in [5.41, 5.74) is 3.16. The molecule has 2 heterocycles. The zero-order chi connectivity index (χ0) is 23.6. The first-order valence-electron chi connectivity index (χ1n) is 11.6. The van der Waals surface area contributed by atoms with Crippen molar-refractivity contribution in [1.82, 2.24) is 9.47 Å². The number of nitriles is 1. The maximum Gasteiger partial charge on any atom is 0.150 e. The molecular weight excluding hydrogens is 458 g/mol. The number of benzene rings is 1. The molecule has 1 aromatic heterocycles. The van der Waals surface area contributed by atoms with E-state index in [0.29, 0.717) is 30.8 Å². The number of nitrogens with zero attached hydrogens (tertiary/aromatic N) is 3. The van der Waals surface area contributed by atoms with Crippen LogP contribution < -0.4 is 0 Å². The molecule has 0 unspecified atom stereocenters. The summed E-state index contributed by atoms with van der Waals surface area (Å²) >= 11 is 6.06. The van der Waals surface area contributed by atoms with Gasteiger partial charge in [0.15, 0.2) is 0 Å². The van der Waals surface area contributed by atoms with Crippen LogP contribution in [-0.2, 0) is 28.0 Å². The Hall–Kier alpha value is -1.85. The molecule has 1 aromatic carbocycles. The molecule has 2 fully saturated rings. The van der Waals surface area contributed by atoms with Gasteiger partial charge in [-0.3, -0.25) is 4.90 Å². The third-order valence-electron chi connectivity index (χ3n) is 7.06. The molecule has 1 aliphatic carbocycles. The Labute approximate surface area is 202 Å². The molecule has 0 spiro atoms. The van der Waals surface area contributed by atoms with E-state index in [1.165, 1.54) is 17.4 Å². The van der Waals surface area contributed by atoms with Crippen LogP contribution in [0.2, 0.25) is 5.02 Å². The smallest absolute Gasteiger partial charge is 0.150 e. The highest BCUT2D eigenvalue weighted by molar-refractivity contribution is 7.90. The minimum atomic E-state index is -3.10. The number of hydrogen-bond donors (Lipinski definition) is 0. The zero-order valence-corrected chi connectivity index (χ0v) is 20.9. The second kappa shape index (κ2) is 10.2. The van der Waals surface area contributed by atoms with Crippen LogP contribution in [0.25, 0.3) is 0 Å². The summed E-state index contributed by atoms with van der Waals surface area (Å²) < 4.78 is 31.7. The number of ether oxygens (including phenoxy) is 1. The molecule has 4 rings (SSSR count). The molecule has 33 heavy (non-hydrogen) atoms. The molecule has 0 bridgehead atoms. The standard InChI is InChI=1S/C25H32ClN3O3S/c1-28-14-20(12-23(28)13-27)19-5-9-22(10-6-19)29-15-25(17-33(2,30)31)32-16-24(29)11-18-3-7-21(26)8-4-18/h3-4,7-8,12,14,19,22,24-25H,5-6,9-11,15-17H2,1-2H3/t19?,22?,24-,25+/m0/s1. The summed E-state index contributed by atoms with van der Waals surface area (Å²) in [6.45, 7) is 1.18. The van der Waals surface area contributed by atoms with E-state index in [1.54, 1.807) is 0 Å². The van der Waals surface area contributed by atoms with Crippen molar-refractivity contribution in [3.8, 4) is 6.07 Å². The van der Waals surface area contributed by atoms with Crippen molar-refractivity contribution < 1.29 is 13.2 Å². The number of sulfone groups is 1. The third kappa shape index (κ3) is 6.19. The van der Waals surface area contributed by atoms with E-state index in [4.69, 9.17) is 16.3 Å². The third-order valence-corrected chi connectivity index (χ3v) is 8.29. The predicted molar refractivity (Wildman–Crippen MR) is 130 cm³/mol. The van der Waals surface area contributed by atoms with E-state index < -0.39 is 9.84 Å². The summed E-state index contributed by atoms with van der Waals surface area (Å²) in [4.78, 5) is 2.51. The van der Waals surface area contributed by atoms with Gasteiger partial charge in [-0.25, -0.2) is 8.42 Å². The molecule has 1 saturated carbocycles. The Morgan fingerprint density at radius 2 is 1.88 bits per heavy atom. The molecule has 0 radical (unpaired) electrons. The molecule has 2 atom stereocenters. The van der Waals surface area contributed by atoms with Crippen LogP contribution in [0.4, 0.5) is 0 Å². The molecule has 2 aliphatic rings. The number of aryl methyl sites for hydroxylation is 1. The Balaban J connectivity index is 1.46. The quantitative estimate of drug-likeness (QED) is 0.614. The van der Waals surface area contributed by atoms with E-state index >= 15 is 0 Å². The molecule has 1 saturated heterocycles. The lowest BCUT2D eigenvalue weighted by atomic mass is 9.81. The van der Waals surface area contributed by atoms with Gasteiger partial charge in [-0.1, -0.05) is 23.7 Å². The van der Waals surface area contributed by atoms with Gasteiger partial charge in [0.25, 0.3) is 0 Å². The second-order valence-electron chi connectivity index (χ2n) is 9.62. The Morgan fingerprint density at radius 1 is 1.18 bits per heavy atom. The lowest BCUT2D eigenvalue weighted by molar-refractivity contribution is -0.0755. The summed E-state index contributed by atoms with van der Waals surface area (Å²) in [7, 11) is -1.18. The van der Waals surface area contributed by atoms with E-state index in [0.717, 1.165) is 37.1 Å². The monoisotopic (exact) mass is 489 g/mol. The van der Waals surface area contributed by atoms with Crippen molar-refractivity contribution in [2.24, 2.45) is 7.05 Å². The van der Waals surface area contributed by atoms with Gasteiger partial charge in [-0.2, -0.15) is 5.26 Å². The van der Waals surface area contributed by atoms with Crippen LogP contribution in [0.1, 0.15) is 48.4 Å². The molecular formula is C25H32ClN3O3S. The molecule has 6 nitrogen and oxygen atoms in total. The van der Waals surface area contributed by atoms with Gasteiger partial charge in [0, 0.05) is 43.2 Å². The zero-order valence-electron chi connectivity index (χ0n) is 19.3. The van der Waals surface area contributed by atoms with Crippen molar-refractivity contribution in [2.45, 2.75) is 56.2 Å². The van der Waals surface area contributed by atoms with E-state index in [1.807, 2.05) is 29.8 Å². The Kier molecular flexibility index (Phi) is 7.49. The first-order valence-corrected chi connectivity index (χ1v) is 14.0. The van der Waals surface area contributed by atoms with Gasteiger partial charge in [0.2, 0.25) is 0 Å². The summed E-state index contributed by atoms with van der Waals surface area (Å²) in [5, 5.41) is 10.00. The van der Waals surface area contributed by atoms with Gasteiger partial charge in [0.05, 0.1) is 18.5 Å². The maximum absolute atomic E-state index is 11.9. The van der Waals surface area contributed by atoms with Crippen molar-refractivity contribution in [3.05, 3.63) is 58.4 Å². The number of rotatable bonds is 6. The van der Waals surface area contributed by atoms with Crippen molar-refractivity contribution in [2.75, 3.05) is 25.2 Å². The summed E-state index contributed by atoms with van der Waals surface area (Å²) in [6, 6.07) is 12.8. The SMILES string of the molecule is Cn1cc(C2CCC(N3C[C@H](CS(C)(=O)=O)OC[C@@H]3Cc3ccc(Cl)cc3)CC2)cc1C#N. The van der Waals surface area contributed by atoms with Crippen LogP contribution in [-0.4, -0.2) is 61.2 Å². The average Bonchev–Trinajstić information content (AvgIpc) is 3.16. The van der Waals surface area contributed by atoms with Crippen LogP contribution in [0.3, 0.4) is 0 Å². The largest absolute Gasteiger partial charge is 0.374 e. The van der Waals surface area contributed by atoms with Gasteiger partial charge in [0.1, 0.15) is 21.6 Å². The fourth-order valence-corrected chi connectivity index (χ4v) is 6.40. The highest BCUT2D eigenvalue weighted by Crippen LogP contribution is 2.37. The minimum absolute atomic E-state index is 0.0630. The first kappa shape index (κ1) is 24.3. The fraction of sp³-hybridized carbons (Fsp3) is 0.560. The van der Waals surface area contributed by atoms with Gasteiger partial charge >= 0.3 is 0 Å². The van der Waals surface area contributed by atoms with E-state index in [9.17, 15) is 13.7 Å². The molecule has 2 aromatic rings. The fourth-order valence-electron chi connectivity index (χ4n) is 5.40. The van der Waals surface area contributed by atoms with Gasteiger partial charge < -0.3 is 9.30 Å². The maximum atomic E-state index is 11.9. The molecule has 8 heteroatoms. The number of halogens is 1. The van der Waals surface area contributed by atoms with Crippen LogP contribution in [0.5, 0.6) is 0 Å². The first-order chi connectivity index (χ1) is 15.7. The number of morpholine rings is 1. The van der Waals surface area contributed by atoms with E-state index in [2.05, 4.69) is 29.3 Å². The number of aromatic nitrogens is 1. The molecule has 1 aliphatic heterocycles. The highest BCUT2D eigenvalue weighted by Gasteiger charge is 2.37. The van der Waals surface area contributed by atoms with Crippen molar-refractivity contribution >= 4 is 21.4 Å². The normalized spacial score (nSPS) is 26.7. The van der Waals surface area contributed by atoms with Crippen LogP contribution in [0, 0.1) is 11.3 Å². The average molecular weight is 490 g/mol. The summed E-state index contributed by atoms with van der Waals surface area (Å²) in [5.74, 6) is 0.533. The Morgan fingerprint density at radius 3 is 2.48 bits per heavy atom. The van der Waals surface area contributed by atoms with Crippen LogP contribution >= 0.6 is 11.6 Å². The minimum Gasteiger partial charge on any atom is -0.374 e.